The first-order valence-electron chi connectivity index (χ1n) is 8.14. The number of pyridine rings is 1. The molecule has 1 aliphatic rings. The Morgan fingerprint density at radius 2 is 1.92 bits per heavy atom. The van der Waals surface area contributed by atoms with Gasteiger partial charge in [0.25, 0.3) is 5.91 Å². The number of nitrogens with zero attached hydrogens (tertiary/aromatic N) is 2. The van der Waals surface area contributed by atoms with E-state index in [9.17, 15) is 13.2 Å². The third-order valence-corrected chi connectivity index (χ3v) is 5.70. The number of rotatable bonds is 3. The number of aromatic nitrogens is 1. The van der Waals surface area contributed by atoms with Crippen LogP contribution >= 0.6 is 0 Å². The molecule has 25 heavy (non-hydrogen) atoms. The molecule has 1 amide bonds. The lowest BCUT2D eigenvalue weighted by Gasteiger charge is -2.26. The van der Waals surface area contributed by atoms with Gasteiger partial charge in [-0.1, -0.05) is 0 Å². The third kappa shape index (κ3) is 3.43. The molecule has 0 bridgehead atoms. The summed E-state index contributed by atoms with van der Waals surface area (Å²) in [6, 6.07) is 6.70. The van der Waals surface area contributed by atoms with Gasteiger partial charge in [-0.25, -0.2) is 13.6 Å². The Balaban J connectivity index is 2.02. The number of benzene rings is 1. The minimum atomic E-state index is -3.87. The molecule has 1 aliphatic heterocycles. The monoisotopic (exact) mass is 359 g/mol. The first-order chi connectivity index (χ1) is 11.8. The van der Waals surface area contributed by atoms with E-state index in [1.165, 1.54) is 12.1 Å². The van der Waals surface area contributed by atoms with Crippen LogP contribution in [0.4, 0.5) is 0 Å². The summed E-state index contributed by atoms with van der Waals surface area (Å²) in [7, 11) is -3.87. The number of hydrogen-bond donors (Lipinski definition) is 1. The van der Waals surface area contributed by atoms with E-state index in [0.717, 1.165) is 29.5 Å². The van der Waals surface area contributed by atoms with Gasteiger partial charge in [-0.3, -0.25) is 9.78 Å². The molecule has 2 N–H and O–H groups in total. The Bertz CT molecular complexity index is 911. The molecule has 1 aromatic carbocycles. The molecule has 0 aliphatic carbocycles. The van der Waals surface area contributed by atoms with Gasteiger partial charge in [0.15, 0.2) is 0 Å². The molecule has 1 atom stereocenters. The normalized spacial score (nSPS) is 17.7. The highest BCUT2D eigenvalue weighted by molar-refractivity contribution is 7.89. The lowest BCUT2D eigenvalue weighted by atomic mass is 10.0. The first kappa shape index (κ1) is 17.6. The van der Waals surface area contributed by atoms with Crippen molar-refractivity contribution >= 4 is 15.9 Å². The molecule has 0 saturated carbocycles. The number of nitrogens with two attached hydrogens (primary N) is 1. The van der Waals surface area contributed by atoms with Crippen LogP contribution < -0.4 is 5.14 Å². The van der Waals surface area contributed by atoms with Crippen molar-refractivity contribution in [3.63, 3.8) is 0 Å². The summed E-state index contributed by atoms with van der Waals surface area (Å²) in [5, 5.41) is 5.26. The highest BCUT2D eigenvalue weighted by atomic mass is 32.2. The van der Waals surface area contributed by atoms with Crippen molar-refractivity contribution in [2.45, 2.75) is 37.6 Å². The molecule has 132 valence electrons. The van der Waals surface area contributed by atoms with E-state index >= 15 is 0 Å². The second-order valence-electron chi connectivity index (χ2n) is 6.39. The van der Waals surface area contributed by atoms with Crippen molar-refractivity contribution in [1.82, 2.24) is 9.88 Å². The fourth-order valence-electron chi connectivity index (χ4n) is 3.31. The van der Waals surface area contributed by atoms with Crippen LogP contribution in [0.15, 0.2) is 41.6 Å². The number of aryl methyl sites for hydroxylation is 1. The molecule has 1 fully saturated rings. The van der Waals surface area contributed by atoms with Crippen LogP contribution in [0.5, 0.6) is 0 Å². The van der Waals surface area contributed by atoms with Crippen molar-refractivity contribution in [3.05, 3.63) is 58.9 Å². The SMILES string of the molecule is Cc1cc(S(N)(=O)=O)cc(C(=O)N2CCCC2c2ccncc2)c1C. The van der Waals surface area contributed by atoms with Crippen LogP contribution in [0.1, 0.15) is 45.9 Å². The number of primary sulfonamides is 1. The highest BCUT2D eigenvalue weighted by Gasteiger charge is 2.32. The first-order valence-corrected chi connectivity index (χ1v) is 9.68. The molecular formula is C18H21N3O3S. The maximum Gasteiger partial charge on any atom is 0.254 e. The predicted octanol–water partition coefficient (Wildman–Crippen LogP) is 2.32. The smallest absolute Gasteiger partial charge is 0.254 e. The van der Waals surface area contributed by atoms with E-state index in [1.54, 1.807) is 19.3 Å². The Morgan fingerprint density at radius 3 is 2.56 bits per heavy atom. The minimum Gasteiger partial charge on any atom is -0.332 e. The number of carbonyl (C=O) groups excluding carboxylic acids is 1. The Labute approximate surface area is 147 Å². The van der Waals surface area contributed by atoms with Crippen LogP contribution in [0.2, 0.25) is 0 Å². The summed E-state index contributed by atoms with van der Waals surface area (Å²) >= 11 is 0. The average molecular weight is 359 g/mol. The zero-order valence-electron chi connectivity index (χ0n) is 14.3. The Kier molecular flexibility index (Phi) is 4.62. The summed E-state index contributed by atoms with van der Waals surface area (Å²) in [5.74, 6) is -0.162. The summed E-state index contributed by atoms with van der Waals surface area (Å²) in [5.41, 5.74) is 2.94. The third-order valence-electron chi connectivity index (χ3n) is 4.80. The summed E-state index contributed by atoms with van der Waals surface area (Å²) in [4.78, 5) is 19.0. The molecule has 2 heterocycles. The van der Waals surface area contributed by atoms with Crippen LogP contribution in [-0.2, 0) is 10.0 Å². The van der Waals surface area contributed by atoms with E-state index in [2.05, 4.69) is 4.98 Å². The maximum absolute atomic E-state index is 13.2. The van der Waals surface area contributed by atoms with Gasteiger partial charge < -0.3 is 4.90 Å². The van der Waals surface area contributed by atoms with Gasteiger partial charge in [0.05, 0.1) is 10.9 Å². The van der Waals surface area contributed by atoms with Crippen molar-refractivity contribution in [3.8, 4) is 0 Å². The quantitative estimate of drug-likeness (QED) is 0.910. The van der Waals surface area contributed by atoms with Gasteiger partial charge in [-0.2, -0.15) is 0 Å². The molecule has 6 nitrogen and oxygen atoms in total. The molecule has 0 spiro atoms. The van der Waals surface area contributed by atoms with Crippen molar-refractivity contribution in [1.29, 1.82) is 0 Å². The predicted molar refractivity (Wildman–Crippen MR) is 94.5 cm³/mol. The lowest BCUT2D eigenvalue weighted by Crippen LogP contribution is -2.31. The standard InChI is InChI=1S/C18H21N3O3S/c1-12-10-15(25(19,23)24)11-16(13(12)2)18(22)21-9-3-4-17(21)14-5-7-20-8-6-14/h5-8,10-11,17H,3-4,9H2,1-2H3,(H2,19,23,24). The van der Waals surface area contributed by atoms with Gasteiger partial charge in [-0.05, 0) is 67.6 Å². The molecule has 7 heteroatoms. The lowest BCUT2D eigenvalue weighted by molar-refractivity contribution is 0.0734. The number of carbonyl (C=O) groups is 1. The molecule has 2 aromatic rings. The molecule has 0 radical (unpaired) electrons. The molecular weight excluding hydrogens is 338 g/mol. The highest BCUT2D eigenvalue weighted by Crippen LogP contribution is 2.34. The number of sulfonamides is 1. The fraction of sp³-hybridized carbons (Fsp3) is 0.333. The molecule has 1 unspecified atom stereocenters. The fourth-order valence-corrected chi connectivity index (χ4v) is 3.93. The van der Waals surface area contributed by atoms with Crippen molar-refractivity contribution in [2.24, 2.45) is 5.14 Å². The minimum absolute atomic E-state index is 0.0201. The van der Waals surface area contributed by atoms with Crippen LogP contribution in [0.3, 0.4) is 0 Å². The topological polar surface area (TPSA) is 93.4 Å². The zero-order valence-corrected chi connectivity index (χ0v) is 15.1. The molecule has 3 rings (SSSR count). The van der Waals surface area contributed by atoms with E-state index in [-0.39, 0.29) is 16.8 Å². The van der Waals surface area contributed by atoms with Crippen LogP contribution in [0, 0.1) is 13.8 Å². The van der Waals surface area contributed by atoms with Crippen molar-refractivity contribution < 1.29 is 13.2 Å². The maximum atomic E-state index is 13.2. The molecule has 1 saturated heterocycles. The summed E-state index contributed by atoms with van der Waals surface area (Å²) in [6.07, 6.45) is 5.22. The van der Waals surface area contributed by atoms with Crippen LogP contribution in [-0.4, -0.2) is 30.8 Å². The van der Waals surface area contributed by atoms with Gasteiger partial charge in [0.1, 0.15) is 0 Å². The average Bonchev–Trinajstić information content (AvgIpc) is 3.06. The largest absolute Gasteiger partial charge is 0.332 e. The Hall–Kier alpha value is -2.25. The van der Waals surface area contributed by atoms with Gasteiger partial charge in [0, 0.05) is 24.5 Å². The number of likely N-dealkylation sites (tertiary alicyclic amines) is 1. The van der Waals surface area contributed by atoms with E-state index in [4.69, 9.17) is 5.14 Å². The van der Waals surface area contributed by atoms with Crippen molar-refractivity contribution in [2.75, 3.05) is 6.54 Å². The second kappa shape index (κ2) is 6.57. The van der Waals surface area contributed by atoms with Gasteiger partial charge >= 0.3 is 0 Å². The molecule has 1 aromatic heterocycles. The van der Waals surface area contributed by atoms with E-state index in [0.29, 0.717) is 12.1 Å². The zero-order chi connectivity index (χ0) is 18.2. The van der Waals surface area contributed by atoms with Crippen LogP contribution in [0.25, 0.3) is 0 Å². The van der Waals surface area contributed by atoms with Gasteiger partial charge in [-0.15, -0.1) is 0 Å². The number of amides is 1. The Morgan fingerprint density at radius 1 is 1.24 bits per heavy atom. The summed E-state index contributed by atoms with van der Waals surface area (Å²) < 4.78 is 23.4. The van der Waals surface area contributed by atoms with Gasteiger partial charge in [0.2, 0.25) is 10.0 Å². The second-order valence-corrected chi connectivity index (χ2v) is 7.96. The van der Waals surface area contributed by atoms with E-state index in [1.807, 2.05) is 24.0 Å². The summed E-state index contributed by atoms with van der Waals surface area (Å²) in [6.45, 7) is 4.25. The van der Waals surface area contributed by atoms with E-state index < -0.39 is 10.0 Å². The number of hydrogen-bond acceptors (Lipinski definition) is 4.